The van der Waals surface area contributed by atoms with E-state index in [-0.39, 0.29) is 24.6 Å². The van der Waals surface area contributed by atoms with Crippen LogP contribution in [-0.4, -0.2) is 31.5 Å². The monoisotopic (exact) mass is 369 g/mol. The first-order valence-corrected chi connectivity index (χ1v) is 9.34. The average molecular weight is 370 g/mol. The van der Waals surface area contributed by atoms with Crippen molar-refractivity contribution < 1.29 is 26.4 Å². The van der Waals surface area contributed by atoms with Gasteiger partial charge in [-0.3, -0.25) is 4.79 Å². The van der Waals surface area contributed by atoms with E-state index in [0.717, 1.165) is 12.1 Å². The third-order valence-electron chi connectivity index (χ3n) is 3.84. The Hall–Kier alpha value is -1.28. The molecule has 2 unspecified atom stereocenters. The molecule has 1 saturated heterocycles. The number of alkyl halides is 3. The molecule has 1 aromatic carbocycles. The molecule has 1 aliphatic rings. The van der Waals surface area contributed by atoms with Crippen LogP contribution in [0.4, 0.5) is 13.2 Å². The van der Waals surface area contributed by atoms with E-state index in [1.165, 1.54) is 17.0 Å². The van der Waals surface area contributed by atoms with Crippen molar-refractivity contribution in [3.05, 3.63) is 35.4 Å². The fourth-order valence-corrected chi connectivity index (χ4v) is 4.05. The Morgan fingerprint density at radius 3 is 2.61 bits per heavy atom. The molecule has 0 bridgehead atoms. The number of hydrogen-bond acceptors (Lipinski definition) is 3. The Morgan fingerprint density at radius 2 is 2.04 bits per heavy atom. The van der Waals surface area contributed by atoms with E-state index in [2.05, 4.69) is 0 Å². The maximum atomic E-state index is 12.8. The molecule has 0 radical (unpaired) electrons. The molecule has 4 nitrogen and oxygen atoms in total. The summed E-state index contributed by atoms with van der Waals surface area (Å²) >= 11 is 0. The lowest BCUT2D eigenvalue weighted by atomic mass is 10.0. The van der Waals surface area contributed by atoms with Gasteiger partial charge in [0.2, 0.25) is 15.0 Å². The Labute approximate surface area is 136 Å². The van der Waals surface area contributed by atoms with Gasteiger partial charge in [-0.05, 0) is 24.6 Å². The van der Waals surface area contributed by atoms with Crippen molar-refractivity contribution in [1.29, 1.82) is 0 Å². The minimum atomic E-state index is -4.46. The maximum absolute atomic E-state index is 12.8. The lowest BCUT2D eigenvalue weighted by Gasteiger charge is -2.25. The van der Waals surface area contributed by atoms with Gasteiger partial charge in [0.15, 0.2) is 0 Å². The quantitative estimate of drug-likeness (QED) is 0.766. The van der Waals surface area contributed by atoms with Crippen molar-refractivity contribution >= 4 is 25.6 Å². The number of halogens is 4. The third kappa shape index (κ3) is 4.60. The van der Waals surface area contributed by atoms with Gasteiger partial charge in [-0.1, -0.05) is 12.1 Å². The SMILES string of the molecule is CC(c1cccc(C(F)(F)F)c1)N1CC(CS(=O)(=O)Cl)CC1=O. The second kappa shape index (κ2) is 6.32. The molecular formula is C14H15ClF3NO3S. The van der Waals surface area contributed by atoms with Crippen LogP contribution >= 0.6 is 10.7 Å². The van der Waals surface area contributed by atoms with Crippen LogP contribution in [0.2, 0.25) is 0 Å². The van der Waals surface area contributed by atoms with Crippen molar-refractivity contribution in [2.75, 3.05) is 12.3 Å². The van der Waals surface area contributed by atoms with Crippen LogP contribution < -0.4 is 0 Å². The molecule has 1 aliphatic heterocycles. The Kier molecular flexibility index (Phi) is 4.96. The molecule has 0 N–H and O–H groups in total. The van der Waals surface area contributed by atoms with Crippen LogP contribution in [0.3, 0.4) is 0 Å². The summed E-state index contributed by atoms with van der Waals surface area (Å²) < 4.78 is 60.5. The number of hydrogen-bond donors (Lipinski definition) is 0. The van der Waals surface area contributed by atoms with Gasteiger partial charge in [-0.25, -0.2) is 8.42 Å². The van der Waals surface area contributed by atoms with Gasteiger partial charge >= 0.3 is 6.18 Å². The molecule has 128 valence electrons. The summed E-state index contributed by atoms with van der Waals surface area (Å²) in [5.41, 5.74) is -0.434. The summed E-state index contributed by atoms with van der Waals surface area (Å²) in [6.45, 7) is 1.77. The van der Waals surface area contributed by atoms with E-state index < -0.39 is 32.8 Å². The molecule has 1 aromatic rings. The molecule has 2 atom stereocenters. The first kappa shape index (κ1) is 18.1. The van der Waals surface area contributed by atoms with E-state index in [1.54, 1.807) is 6.92 Å². The summed E-state index contributed by atoms with van der Waals surface area (Å²) in [6.07, 6.45) is -4.44. The number of benzene rings is 1. The van der Waals surface area contributed by atoms with Gasteiger partial charge < -0.3 is 4.90 Å². The van der Waals surface area contributed by atoms with Gasteiger partial charge in [-0.15, -0.1) is 0 Å². The molecule has 1 heterocycles. The van der Waals surface area contributed by atoms with Crippen molar-refractivity contribution in [3.63, 3.8) is 0 Å². The number of likely N-dealkylation sites (tertiary alicyclic amines) is 1. The highest BCUT2D eigenvalue weighted by Gasteiger charge is 2.36. The number of carbonyl (C=O) groups excluding carboxylic acids is 1. The maximum Gasteiger partial charge on any atom is 0.416 e. The zero-order chi connectivity index (χ0) is 17.4. The van der Waals surface area contributed by atoms with Crippen molar-refractivity contribution in [2.24, 2.45) is 5.92 Å². The molecule has 1 amide bonds. The molecule has 0 aliphatic carbocycles. The third-order valence-corrected chi connectivity index (χ3v) is 5.08. The minimum Gasteiger partial charge on any atom is -0.336 e. The average Bonchev–Trinajstić information content (AvgIpc) is 2.75. The lowest BCUT2D eigenvalue weighted by Crippen LogP contribution is -2.29. The summed E-state index contributed by atoms with van der Waals surface area (Å²) in [5, 5.41) is 0. The van der Waals surface area contributed by atoms with Crippen molar-refractivity contribution in [2.45, 2.75) is 25.6 Å². The number of nitrogens with zero attached hydrogens (tertiary/aromatic N) is 1. The Morgan fingerprint density at radius 1 is 1.39 bits per heavy atom. The van der Waals surface area contributed by atoms with Gasteiger partial charge in [0.05, 0.1) is 17.4 Å². The number of amides is 1. The van der Waals surface area contributed by atoms with E-state index in [0.29, 0.717) is 5.56 Å². The predicted molar refractivity (Wildman–Crippen MR) is 79.3 cm³/mol. The van der Waals surface area contributed by atoms with Crippen LogP contribution in [0.15, 0.2) is 24.3 Å². The summed E-state index contributed by atoms with van der Waals surface area (Å²) in [6, 6.07) is 4.19. The topological polar surface area (TPSA) is 54.5 Å². The van der Waals surface area contributed by atoms with E-state index in [1.807, 2.05) is 0 Å². The summed E-state index contributed by atoms with van der Waals surface area (Å²) in [4.78, 5) is 13.4. The van der Waals surface area contributed by atoms with Crippen LogP contribution in [0.25, 0.3) is 0 Å². The van der Waals surface area contributed by atoms with Gasteiger partial charge in [0.25, 0.3) is 0 Å². The predicted octanol–water partition coefficient (Wildman–Crippen LogP) is 3.18. The Balaban J connectivity index is 2.18. The van der Waals surface area contributed by atoms with E-state index in [9.17, 15) is 26.4 Å². The minimum absolute atomic E-state index is 0.0231. The van der Waals surface area contributed by atoms with Crippen LogP contribution in [0, 0.1) is 5.92 Å². The fraction of sp³-hybridized carbons (Fsp3) is 0.500. The highest BCUT2D eigenvalue weighted by molar-refractivity contribution is 8.13. The Bertz CT molecular complexity index is 705. The second-order valence-corrected chi connectivity index (χ2v) is 8.44. The van der Waals surface area contributed by atoms with Crippen LogP contribution in [0.1, 0.15) is 30.5 Å². The molecule has 0 aromatic heterocycles. The molecule has 2 rings (SSSR count). The normalized spacial score (nSPS) is 20.8. The van der Waals surface area contributed by atoms with Crippen molar-refractivity contribution in [1.82, 2.24) is 4.90 Å². The van der Waals surface area contributed by atoms with Crippen molar-refractivity contribution in [3.8, 4) is 0 Å². The molecule has 1 fully saturated rings. The zero-order valence-electron chi connectivity index (χ0n) is 12.2. The van der Waals surface area contributed by atoms with Gasteiger partial charge in [-0.2, -0.15) is 13.2 Å². The summed E-state index contributed by atoms with van der Waals surface area (Å²) in [7, 11) is 1.47. The molecule has 0 spiro atoms. The van der Waals surface area contributed by atoms with Gasteiger partial charge in [0, 0.05) is 29.6 Å². The van der Waals surface area contributed by atoms with E-state index in [4.69, 9.17) is 10.7 Å². The van der Waals surface area contributed by atoms with E-state index >= 15 is 0 Å². The van der Waals surface area contributed by atoms with Crippen LogP contribution in [0.5, 0.6) is 0 Å². The highest BCUT2D eigenvalue weighted by atomic mass is 35.7. The molecular weight excluding hydrogens is 355 g/mol. The second-order valence-electron chi connectivity index (χ2n) is 5.62. The fourth-order valence-electron chi connectivity index (χ4n) is 2.73. The van der Waals surface area contributed by atoms with Gasteiger partial charge in [0.1, 0.15) is 0 Å². The smallest absolute Gasteiger partial charge is 0.336 e. The highest BCUT2D eigenvalue weighted by Crippen LogP contribution is 2.34. The molecule has 23 heavy (non-hydrogen) atoms. The number of rotatable bonds is 4. The largest absolute Gasteiger partial charge is 0.416 e. The zero-order valence-corrected chi connectivity index (χ0v) is 13.7. The standard InChI is InChI=1S/C14H15ClF3NO3S/c1-9(11-3-2-4-12(6-11)14(16,17)18)19-7-10(5-13(19)20)8-23(15,21)22/h2-4,6,9-10H,5,7-8H2,1H3. The first-order chi connectivity index (χ1) is 10.5. The van der Waals surface area contributed by atoms with Crippen LogP contribution in [-0.2, 0) is 20.0 Å². The first-order valence-electron chi connectivity index (χ1n) is 6.86. The number of carbonyl (C=O) groups is 1. The molecule has 9 heteroatoms. The lowest BCUT2D eigenvalue weighted by molar-refractivity contribution is -0.137. The molecule has 0 saturated carbocycles. The summed E-state index contributed by atoms with van der Waals surface area (Å²) in [5.74, 6) is -1.06.